The van der Waals surface area contributed by atoms with E-state index < -0.39 is 0 Å². The summed E-state index contributed by atoms with van der Waals surface area (Å²) in [6.07, 6.45) is 2.27. The van der Waals surface area contributed by atoms with Gasteiger partial charge in [0, 0.05) is 29.0 Å². The molecular weight excluding hydrogens is 380 g/mol. The van der Waals surface area contributed by atoms with E-state index in [2.05, 4.69) is 50.2 Å². The fourth-order valence-electron chi connectivity index (χ4n) is 2.15. The van der Waals surface area contributed by atoms with Crippen LogP contribution in [0.15, 0.2) is 14.3 Å². The summed E-state index contributed by atoms with van der Waals surface area (Å²) in [5.74, 6) is 0. The molecule has 0 bridgehead atoms. The zero-order chi connectivity index (χ0) is 13.2. The summed E-state index contributed by atoms with van der Waals surface area (Å²) in [5, 5.41) is 3.53. The van der Waals surface area contributed by atoms with Gasteiger partial charge in [0.2, 0.25) is 0 Å². The predicted octanol–water partition coefficient (Wildman–Crippen LogP) is 3.43. The molecule has 0 spiro atoms. The van der Waals surface area contributed by atoms with E-state index in [9.17, 15) is 0 Å². The van der Waals surface area contributed by atoms with E-state index in [4.69, 9.17) is 10.5 Å². The summed E-state index contributed by atoms with van der Waals surface area (Å²) in [6, 6.07) is 2.32. The molecule has 102 valence electrons. The van der Waals surface area contributed by atoms with Gasteiger partial charge in [0.05, 0.1) is 15.4 Å². The minimum Gasteiger partial charge on any atom is -0.374 e. The van der Waals surface area contributed by atoms with Gasteiger partial charge >= 0.3 is 0 Å². The van der Waals surface area contributed by atoms with Crippen molar-refractivity contribution in [2.45, 2.75) is 31.4 Å². The minimum absolute atomic E-state index is 0.0286. The lowest BCUT2D eigenvalue weighted by atomic mass is 10.0. The Hall–Kier alpha value is 0.540. The van der Waals surface area contributed by atoms with Crippen LogP contribution in [-0.2, 0) is 4.74 Å². The van der Waals surface area contributed by atoms with Crippen molar-refractivity contribution < 1.29 is 4.74 Å². The Morgan fingerprint density at radius 1 is 1.61 bits per heavy atom. The van der Waals surface area contributed by atoms with Gasteiger partial charge in [0.25, 0.3) is 0 Å². The molecule has 0 aliphatic carbocycles. The van der Waals surface area contributed by atoms with Gasteiger partial charge < -0.3 is 15.8 Å². The first kappa shape index (κ1) is 14.9. The SMILES string of the molecule is CC1(CNC(CN)c2cc(Br)c(Br)s2)CCCO1. The van der Waals surface area contributed by atoms with Gasteiger partial charge in [-0.2, -0.15) is 0 Å². The number of nitrogens with one attached hydrogen (secondary N) is 1. The van der Waals surface area contributed by atoms with Crippen LogP contribution in [0.25, 0.3) is 0 Å². The molecule has 3 N–H and O–H groups in total. The number of halogens is 2. The van der Waals surface area contributed by atoms with Crippen molar-refractivity contribution >= 4 is 43.2 Å². The van der Waals surface area contributed by atoms with Crippen molar-refractivity contribution in [1.29, 1.82) is 0 Å². The van der Waals surface area contributed by atoms with Crippen LogP contribution in [0.5, 0.6) is 0 Å². The summed E-state index contributed by atoms with van der Waals surface area (Å²) in [4.78, 5) is 1.25. The minimum atomic E-state index is -0.0286. The summed E-state index contributed by atoms with van der Waals surface area (Å²) in [5.41, 5.74) is 5.84. The Bertz CT molecular complexity index is 385. The van der Waals surface area contributed by atoms with Gasteiger partial charge in [-0.15, -0.1) is 11.3 Å². The standard InChI is InChI=1S/C12H18Br2N2OS/c1-12(3-2-4-17-12)7-16-9(6-15)10-5-8(13)11(14)18-10/h5,9,16H,2-4,6-7,15H2,1H3. The van der Waals surface area contributed by atoms with Gasteiger partial charge in [-0.1, -0.05) is 0 Å². The molecule has 1 aliphatic rings. The lowest BCUT2D eigenvalue weighted by molar-refractivity contribution is 0.0190. The Morgan fingerprint density at radius 3 is 2.89 bits per heavy atom. The third kappa shape index (κ3) is 3.55. The molecule has 2 heterocycles. The Morgan fingerprint density at radius 2 is 2.39 bits per heavy atom. The molecule has 0 saturated carbocycles. The van der Waals surface area contributed by atoms with Crippen molar-refractivity contribution in [2.24, 2.45) is 5.73 Å². The van der Waals surface area contributed by atoms with E-state index in [0.29, 0.717) is 6.54 Å². The fraction of sp³-hybridized carbons (Fsp3) is 0.667. The number of thiophene rings is 1. The molecule has 1 aromatic heterocycles. The lowest BCUT2D eigenvalue weighted by Gasteiger charge is -2.26. The van der Waals surface area contributed by atoms with Crippen LogP contribution in [0.2, 0.25) is 0 Å². The molecule has 1 fully saturated rings. The summed E-state index contributed by atoms with van der Waals surface area (Å²) in [6.45, 7) is 4.49. The van der Waals surface area contributed by atoms with Crippen LogP contribution in [0.4, 0.5) is 0 Å². The van der Waals surface area contributed by atoms with Crippen molar-refractivity contribution in [3.63, 3.8) is 0 Å². The van der Waals surface area contributed by atoms with Crippen molar-refractivity contribution in [2.75, 3.05) is 19.7 Å². The normalized spacial score (nSPS) is 25.6. The lowest BCUT2D eigenvalue weighted by Crippen LogP contribution is -2.40. The van der Waals surface area contributed by atoms with Crippen LogP contribution in [-0.4, -0.2) is 25.3 Å². The highest BCUT2D eigenvalue weighted by atomic mass is 79.9. The topological polar surface area (TPSA) is 47.3 Å². The molecule has 1 aliphatic heterocycles. The molecule has 3 nitrogen and oxygen atoms in total. The molecule has 2 unspecified atom stereocenters. The maximum Gasteiger partial charge on any atom is 0.0843 e. The van der Waals surface area contributed by atoms with Crippen LogP contribution in [0.1, 0.15) is 30.7 Å². The number of hydrogen-bond acceptors (Lipinski definition) is 4. The average molecular weight is 398 g/mol. The van der Waals surface area contributed by atoms with Crippen LogP contribution in [0, 0.1) is 0 Å². The monoisotopic (exact) mass is 396 g/mol. The maximum absolute atomic E-state index is 5.86. The second-order valence-electron chi connectivity index (χ2n) is 4.84. The van der Waals surface area contributed by atoms with E-state index >= 15 is 0 Å². The number of nitrogens with two attached hydrogens (primary N) is 1. The number of rotatable bonds is 5. The average Bonchev–Trinajstić information content (AvgIpc) is 2.89. The Balaban J connectivity index is 1.97. The van der Waals surface area contributed by atoms with Crippen molar-refractivity contribution in [3.05, 3.63) is 19.2 Å². The number of hydrogen-bond donors (Lipinski definition) is 2. The van der Waals surface area contributed by atoms with Gasteiger partial charge in [-0.3, -0.25) is 0 Å². The van der Waals surface area contributed by atoms with Gasteiger partial charge in [-0.25, -0.2) is 0 Å². The molecule has 1 aromatic rings. The highest BCUT2D eigenvalue weighted by Crippen LogP contribution is 2.35. The Kier molecular flexibility index (Phi) is 5.25. The molecule has 18 heavy (non-hydrogen) atoms. The molecule has 2 atom stereocenters. The number of ether oxygens (including phenoxy) is 1. The summed E-state index contributed by atoms with van der Waals surface area (Å²) in [7, 11) is 0. The van der Waals surface area contributed by atoms with Crippen molar-refractivity contribution in [3.8, 4) is 0 Å². The zero-order valence-corrected chi connectivity index (χ0v) is 14.3. The summed E-state index contributed by atoms with van der Waals surface area (Å²) >= 11 is 8.75. The Labute approximate surface area is 129 Å². The van der Waals surface area contributed by atoms with Crippen LogP contribution >= 0.6 is 43.2 Å². The first-order chi connectivity index (χ1) is 8.54. The molecule has 6 heteroatoms. The molecule has 2 rings (SSSR count). The highest BCUT2D eigenvalue weighted by Gasteiger charge is 2.30. The molecule has 0 aromatic carbocycles. The molecule has 0 radical (unpaired) electrons. The first-order valence-corrected chi connectivity index (χ1v) is 8.46. The molecule has 1 saturated heterocycles. The smallest absolute Gasteiger partial charge is 0.0843 e. The zero-order valence-electron chi connectivity index (χ0n) is 10.3. The highest BCUT2D eigenvalue weighted by molar-refractivity contribution is 9.13. The largest absolute Gasteiger partial charge is 0.374 e. The fourth-order valence-corrected chi connectivity index (χ4v) is 4.33. The summed E-state index contributed by atoms with van der Waals surface area (Å²) < 4.78 is 7.98. The van der Waals surface area contributed by atoms with Crippen LogP contribution in [0.3, 0.4) is 0 Å². The molecule has 0 amide bonds. The first-order valence-electron chi connectivity index (χ1n) is 6.06. The maximum atomic E-state index is 5.86. The predicted molar refractivity (Wildman–Crippen MR) is 83.1 cm³/mol. The second-order valence-corrected chi connectivity index (χ2v) is 8.10. The third-order valence-electron chi connectivity index (χ3n) is 3.27. The van der Waals surface area contributed by atoms with Crippen LogP contribution < -0.4 is 11.1 Å². The van der Waals surface area contributed by atoms with Crippen molar-refractivity contribution in [1.82, 2.24) is 5.32 Å². The quantitative estimate of drug-likeness (QED) is 0.799. The second kappa shape index (κ2) is 6.33. The van der Waals surface area contributed by atoms with E-state index in [0.717, 1.165) is 34.3 Å². The van der Waals surface area contributed by atoms with E-state index in [1.165, 1.54) is 4.88 Å². The molecular formula is C12H18Br2N2OS. The van der Waals surface area contributed by atoms with Gasteiger partial charge in [-0.05, 0) is 57.7 Å². The third-order valence-corrected chi connectivity index (χ3v) is 6.64. The van der Waals surface area contributed by atoms with Gasteiger partial charge in [0.15, 0.2) is 0 Å². The van der Waals surface area contributed by atoms with E-state index in [-0.39, 0.29) is 11.6 Å². The van der Waals surface area contributed by atoms with Gasteiger partial charge in [0.1, 0.15) is 0 Å². The van der Waals surface area contributed by atoms with E-state index in [1.807, 2.05) is 0 Å². The van der Waals surface area contributed by atoms with E-state index in [1.54, 1.807) is 11.3 Å².